The van der Waals surface area contributed by atoms with Crippen LogP contribution >= 0.6 is 11.6 Å². The first kappa shape index (κ1) is 21.0. The number of ether oxygens (including phenoxy) is 1. The summed E-state index contributed by atoms with van der Waals surface area (Å²) in [6, 6.07) is 7.59. The Kier molecular flexibility index (Phi) is 7.15. The van der Waals surface area contributed by atoms with Crippen LogP contribution in [-0.2, 0) is 9.53 Å². The van der Waals surface area contributed by atoms with Gasteiger partial charge in [0.05, 0.1) is 23.2 Å². The van der Waals surface area contributed by atoms with E-state index in [4.69, 9.17) is 21.3 Å². The summed E-state index contributed by atoms with van der Waals surface area (Å²) < 4.78 is 5.54. The highest BCUT2D eigenvalue weighted by Crippen LogP contribution is 2.29. The molecule has 2 fully saturated rings. The van der Waals surface area contributed by atoms with E-state index in [0.29, 0.717) is 23.3 Å². The van der Waals surface area contributed by atoms with Gasteiger partial charge in [0.25, 0.3) is 0 Å². The number of anilines is 2. The predicted octanol–water partition coefficient (Wildman–Crippen LogP) is 3.57. The van der Waals surface area contributed by atoms with Gasteiger partial charge >= 0.3 is 0 Å². The maximum Gasteiger partial charge on any atom is 0.229 e. The van der Waals surface area contributed by atoms with Gasteiger partial charge in [0, 0.05) is 31.5 Å². The molecule has 3 N–H and O–H groups in total. The fourth-order valence-electron chi connectivity index (χ4n) is 3.91. The normalized spacial score (nSPS) is 21.8. The number of halogens is 1. The van der Waals surface area contributed by atoms with Gasteiger partial charge in [0.1, 0.15) is 11.6 Å². The predicted molar refractivity (Wildman–Crippen MR) is 119 cm³/mol. The minimum atomic E-state index is -0.0332. The van der Waals surface area contributed by atoms with Crippen molar-refractivity contribution in [2.24, 2.45) is 11.8 Å². The van der Waals surface area contributed by atoms with Crippen LogP contribution < -0.4 is 16.0 Å². The molecule has 2 aromatic rings. The van der Waals surface area contributed by atoms with Crippen LogP contribution in [0.3, 0.4) is 0 Å². The first-order valence-corrected chi connectivity index (χ1v) is 11.0. The molecule has 2 atom stereocenters. The summed E-state index contributed by atoms with van der Waals surface area (Å²) in [6.07, 6.45) is 5.74. The molecule has 30 heavy (non-hydrogen) atoms. The molecular formula is C22H28ClN5O2. The van der Waals surface area contributed by atoms with Crippen LogP contribution in [0.15, 0.2) is 30.5 Å². The van der Waals surface area contributed by atoms with Gasteiger partial charge in [-0.1, -0.05) is 17.7 Å². The molecule has 0 unspecified atom stereocenters. The molecule has 2 aliphatic heterocycles. The van der Waals surface area contributed by atoms with Crippen LogP contribution in [0.5, 0.6) is 0 Å². The smallest absolute Gasteiger partial charge is 0.229 e. The molecule has 4 heterocycles. The van der Waals surface area contributed by atoms with E-state index < -0.39 is 0 Å². The van der Waals surface area contributed by atoms with Crippen LogP contribution in [0, 0.1) is 11.8 Å². The summed E-state index contributed by atoms with van der Waals surface area (Å²) in [5.74, 6) is 1.74. The molecule has 2 saturated heterocycles. The van der Waals surface area contributed by atoms with Gasteiger partial charge in [-0.25, -0.2) is 9.97 Å². The Morgan fingerprint density at radius 3 is 3.00 bits per heavy atom. The van der Waals surface area contributed by atoms with Crippen molar-refractivity contribution < 1.29 is 9.53 Å². The molecule has 160 valence electrons. The third-order valence-corrected chi connectivity index (χ3v) is 5.93. The lowest BCUT2D eigenvalue weighted by Gasteiger charge is -2.22. The lowest BCUT2D eigenvalue weighted by molar-refractivity contribution is -0.120. The topological polar surface area (TPSA) is 88.2 Å². The molecule has 0 bridgehead atoms. The van der Waals surface area contributed by atoms with Crippen molar-refractivity contribution in [1.29, 1.82) is 0 Å². The van der Waals surface area contributed by atoms with E-state index in [0.717, 1.165) is 62.6 Å². The number of aromatic nitrogens is 2. The molecule has 8 heteroatoms. The van der Waals surface area contributed by atoms with Crippen LogP contribution in [0.25, 0.3) is 11.3 Å². The van der Waals surface area contributed by atoms with Gasteiger partial charge in [-0.2, -0.15) is 0 Å². The molecule has 0 radical (unpaired) electrons. The molecule has 2 aromatic heterocycles. The first-order valence-electron chi connectivity index (χ1n) is 10.7. The Balaban J connectivity index is 1.45. The monoisotopic (exact) mass is 429 g/mol. The third-order valence-electron chi connectivity index (χ3n) is 5.63. The molecule has 2 aliphatic rings. The van der Waals surface area contributed by atoms with E-state index >= 15 is 0 Å². The van der Waals surface area contributed by atoms with Crippen molar-refractivity contribution in [2.45, 2.75) is 25.7 Å². The van der Waals surface area contributed by atoms with Crippen molar-refractivity contribution in [3.63, 3.8) is 0 Å². The van der Waals surface area contributed by atoms with Crippen LogP contribution in [0.1, 0.15) is 25.7 Å². The molecule has 0 spiro atoms. The summed E-state index contributed by atoms with van der Waals surface area (Å²) in [5.41, 5.74) is 1.48. The molecule has 7 nitrogen and oxygen atoms in total. The summed E-state index contributed by atoms with van der Waals surface area (Å²) in [5, 5.41) is 10.1. The lowest BCUT2D eigenvalue weighted by atomic mass is 9.99. The number of pyridine rings is 2. The Labute approximate surface area is 182 Å². The largest absolute Gasteiger partial charge is 0.381 e. The highest BCUT2D eigenvalue weighted by atomic mass is 35.5. The number of nitrogens with one attached hydrogen (secondary N) is 3. The number of hydrogen-bond donors (Lipinski definition) is 3. The molecule has 0 aromatic carbocycles. The van der Waals surface area contributed by atoms with E-state index in [1.807, 2.05) is 18.2 Å². The van der Waals surface area contributed by atoms with E-state index in [-0.39, 0.29) is 11.8 Å². The number of nitrogens with zero attached hydrogens (tertiary/aromatic N) is 2. The Morgan fingerprint density at radius 2 is 2.20 bits per heavy atom. The van der Waals surface area contributed by atoms with Crippen molar-refractivity contribution in [3.05, 3.63) is 35.5 Å². The van der Waals surface area contributed by atoms with Crippen LogP contribution in [0.4, 0.5) is 11.6 Å². The molecule has 0 saturated carbocycles. The standard InChI is InChI=1S/C22H28ClN5O2/c23-18-13-26-21(28-22(29)16-5-2-8-24-12-16)10-17(18)19-6-1-7-20(27-19)25-11-15-4-3-9-30-14-15/h1,6-7,10,13,15-16,24H,2-5,8-9,11-12,14H2,(H,25,27)(H,26,28,29)/t15-,16-/m1/s1. The quantitative estimate of drug-likeness (QED) is 0.650. The van der Waals surface area contributed by atoms with Crippen LogP contribution in [0.2, 0.25) is 5.02 Å². The highest BCUT2D eigenvalue weighted by Gasteiger charge is 2.21. The van der Waals surface area contributed by atoms with Gasteiger partial charge in [-0.15, -0.1) is 0 Å². The Hall–Kier alpha value is -2.22. The van der Waals surface area contributed by atoms with Crippen molar-refractivity contribution >= 4 is 29.1 Å². The van der Waals surface area contributed by atoms with Crippen molar-refractivity contribution in [3.8, 4) is 11.3 Å². The summed E-state index contributed by atoms with van der Waals surface area (Å²) in [7, 11) is 0. The Bertz CT molecular complexity index is 866. The van der Waals surface area contributed by atoms with Gasteiger partial charge in [-0.05, 0) is 56.3 Å². The fraction of sp³-hybridized carbons (Fsp3) is 0.500. The average Bonchev–Trinajstić information content (AvgIpc) is 2.80. The van der Waals surface area contributed by atoms with Crippen molar-refractivity contribution in [1.82, 2.24) is 15.3 Å². The molecule has 4 rings (SSSR count). The molecular weight excluding hydrogens is 402 g/mol. The number of piperidine rings is 1. The molecule has 0 aliphatic carbocycles. The number of rotatable bonds is 6. The number of carbonyl (C=O) groups is 1. The van der Waals surface area contributed by atoms with Gasteiger partial charge in [-0.3, -0.25) is 4.79 Å². The van der Waals surface area contributed by atoms with Gasteiger partial charge in [0.15, 0.2) is 0 Å². The minimum absolute atomic E-state index is 0.0129. The number of hydrogen-bond acceptors (Lipinski definition) is 6. The van der Waals surface area contributed by atoms with E-state index in [1.54, 1.807) is 12.3 Å². The van der Waals surface area contributed by atoms with Gasteiger partial charge in [0.2, 0.25) is 5.91 Å². The zero-order valence-electron chi connectivity index (χ0n) is 17.0. The summed E-state index contributed by atoms with van der Waals surface area (Å²) >= 11 is 6.40. The average molecular weight is 430 g/mol. The minimum Gasteiger partial charge on any atom is -0.381 e. The van der Waals surface area contributed by atoms with E-state index in [1.165, 1.54) is 6.42 Å². The van der Waals surface area contributed by atoms with E-state index in [9.17, 15) is 4.79 Å². The zero-order valence-corrected chi connectivity index (χ0v) is 17.8. The maximum absolute atomic E-state index is 12.5. The molecule has 1 amide bonds. The number of carbonyl (C=O) groups excluding carboxylic acids is 1. The number of amides is 1. The second kappa shape index (κ2) is 10.2. The third kappa shape index (κ3) is 5.47. The summed E-state index contributed by atoms with van der Waals surface area (Å²) in [6.45, 7) is 4.16. The Morgan fingerprint density at radius 1 is 1.27 bits per heavy atom. The second-order valence-corrected chi connectivity index (χ2v) is 8.36. The zero-order chi connectivity index (χ0) is 20.8. The first-order chi connectivity index (χ1) is 14.7. The van der Waals surface area contributed by atoms with Crippen LogP contribution in [-0.4, -0.2) is 48.7 Å². The second-order valence-electron chi connectivity index (χ2n) is 7.95. The van der Waals surface area contributed by atoms with Gasteiger partial charge < -0.3 is 20.7 Å². The highest BCUT2D eigenvalue weighted by molar-refractivity contribution is 6.33. The lowest BCUT2D eigenvalue weighted by Crippen LogP contribution is -2.37. The SMILES string of the molecule is O=C(Nc1cc(-c2cccc(NC[C@H]3CCCOC3)n2)c(Cl)cn1)[C@@H]1CCCNC1. The maximum atomic E-state index is 12.5. The summed E-state index contributed by atoms with van der Waals surface area (Å²) in [4.78, 5) is 21.5. The van der Waals surface area contributed by atoms with E-state index in [2.05, 4.69) is 20.9 Å². The fourth-order valence-corrected chi connectivity index (χ4v) is 4.11. The van der Waals surface area contributed by atoms with Crippen molar-refractivity contribution in [2.75, 3.05) is 43.5 Å².